The number of hydrogen-bond acceptors (Lipinski definition) is 6. The zero-order chi connectivity index (χ0) is 27.6. The van der Waals surface area contributed by atoms with Crippen molar-refractivity contribution >= 4 is 29.5 Å². The molecule has 2 aromatic carbocycles. The number of fused-ring (bicyclic) bond motifs is 1. The number of nitrogens with one attached hydrogen (secondary N) is 2. The standard InChI is InChI=1S/C26H26F2N4O6/c1-31(2)22(34)14-38-18-6-4-17(5-7-18)26(27,28)25(37)29-12-15-3-8-19-16(11-15)13-32(24(19)36)20-9-10-21(33)30-23(20)35/h3-8,11,20H,9-10,12-14H2,1-2H3,(H,29,37)(H,30,33,35). The number of alkyl halides is 2. The topological polar surface area (TPSA) is 125 Å². The van der Waals surface area contributed by atoms with Crippen LogP contribution in [0.25, 0.3) is 0 Å². The van der Waals surface area contributed by atoms with Crippen LogP contribution in [-0.2, 0) is 38.2 Å². The molecule has 2 aromatic rings. The molecule has 0 aliphatic carbocycles. The highest BCUT2D eigenvalue weighted by molar-refractivity contribution is 6.05. The Labute approximate surface area is 216 Å². The van der Waals surface area contributed by atoms with Crippen LogP contribution in [0.15, 0.2) is 42.5 Å². The van der Waals surface area contributed by atoms with E-state index >= 15 is 0 Å². The lowest BCUT2D eigenvalue weighted by molar-refractivity contribution is -0.147. The van der Waals surface area contributed by atoms with Gasteiger partial charge in [-0.05, 0) is 47.9 Å². The van der Waals surface area contributed by atoms with Crippen molar-refractivity contribution < 1.29 is 37.5 Å². The molecule has 0 aromatic heterocycles. The maximum Gasteiger partial charge on any atom is 0.349 e. The van der Waals surface area contributed by atoms with E-state index in [1.54, 1.807) is 26.2 Å². The van der Waals surface area contributed by atoms with Crippen molar-refractivity contribution in [1.29, 1.82) is 0 Å². The zero-order valence-electron chi connectivity index (χ0n) is 20.8. The molecule has 5 amide bonds. The molecule has 1 fully saturated rings. The summed E-state index contributed by atoms with van der Waals surface area (Å²) in [6.07, 6.45) is 0.359. The summed E-state index contributed by atoms with van der Waals surface area (Å²) in [7, 11) is 3.12. The quantitative estimate of drug-likeness (QED) is 0.498. The Morgan fingerprint density at radius 2 is 1.84 bits per heavy atom. The lowest BCUT2D eigenvalue weighted by Crippen LogP contribution is -2.52. The molecule has 2 N–H and O–H groups in total. The number of halogens is 2. The predicted octanol–water partition coefficient (Wildman–Crippen LogP) is 1.32. The molecular formula is C26H26F2N4O6. The van der Waals surface area contributed by atoms with Crippen LogP contribution >= 0.6 is 0 Å². The van der Waals surface area contributed by atoms with Crippen LogP contribution in [-0.4, -0.2) is 66.1 Å². The first kappa shape index (κ1) is 26.7. The van der Waals surface area contributed by atoms with Gasteiger partial charge in [0.25, 0.3) is 17.7 Å². The van der Waals surface area contributed by atoms with Gasteiger partial charge in [-0.3, -0.25) is 29.3 Å². The van der Waals surface area contributed by atoms with Crippen LogP contribution in [0.5, 0.6) is 5.75 Å². The second kappa shape index (κ2) is 10.6. The molecule has 2 aliphatic heterocycles. The van der Waals surface area contributed by atoms with Gasteiger partial charge in [-0.15, -0.1) is 0 Å². The number of imide groups is 1. The Bertz CT molecular complexity index is 1300. The molecule has 1 saturated heterocycles. The summed E-state index contributed by atoms with van der Waals surface area (Å²) in [6.45, 7) is -0.323. The number of rotatable bonds is 8. The van der Waals surface area contributed by atoms with E-state index in [-0.39, 0.29) is 56.0 Å². The molecule has 1 atom stereocenters. The van der Waals surface area contributed by atoms with Gasteiger partial charge in [0.1, 0.15) is 11.8 Å². The van der Waals surface area contributed by atoms with Gasteiger partial charge in [0.2, 0.25) is 11.8 Å². The van der Waals surface area contributed by atoms with Gasteiger partial charge < -0.3 is 19.9 Å². The second-order valence-electron chi connectivity index (χ2n) is 9.25. The summed E-state index contributed by atoms with van der Waals surface area (Å²) >= 11 is 0. The summed E-state index contributed by atoms with van der Waals surface area (Å²) in [6, 6.07) is 8.56. The summed E-state index contributed by atoms with van der Waals surface area (Å²) < 4.78 is 34.8. The number of ether oxygens (including phenoxy) is 1. The van der Waals surface area contributed by atoms with Gasteiger partial charge in [0.15, 0.2) is 6.61 Å². The van der Waals surface area contributed by atoms with Crippen LogP contribution in [0.4, 0.5) is 8.78 Å². The van der Waals surface area contributed by atoms with Crippen molar-refractivity contribution in [3.63, 3.8) is 0 Å². The Balaban J connectivity index is 1.36. The normalized spacial score (nSPS) is 17.1. The van der Waals surface area contributed by atoms with Gasteiger partial charge >= 0.3 is 5.92 Å². The Kier molecular flexibility index (Phi) is 7.42. The van der Waals surface area contributed by atoms with E-state index in [0.29, 0.717) is 16.7 Å². The van der Waals surface area contributed by atoms with Crippen LogP contribution in [0.3, 0.4) is 0 Å². The molecule has 200 valence electrons. The molecule has 10 nitrogen and oxygen atoms in total. The smallest absolute Gasteiger partial charge is 0.349 e. The highest BCUT2D eigenvalue weighted by Gasteiger charge is 2.41. The molecule has 0 bridgehead atoms. The van der Waals surface area contributed by atoms with Crippen LogP contribution < -0.4 is 15.4 Å². The van der Waals surface area contributed by atoms with Gasteiger partial charge in [0, 0.05) is 44.7 Å². The minimum absolute atomic E-state index is 0.132. The third-order valence-electron chi connectivity index (χ3n) is 6.40. The number of benzene rings is 2. The number of hydrogen-bond donors (Lipinski definition) is 2. The number of piperidine rings is 1. The minimum Gasteiger partial charge on any atom is -0.484 e. The Morgan fingerprint density at radius 1 is 1.13 bits per heavy atom. The molecule has 0 radical (unpaired) electrons. The maximum absolute atomic E-state index is 14.8. The largest absolute Gasteiger partial charge is 0.484 e. The van der Waals surface area contributed by atoms with Crippen LogP contribution in [0, 0.1) is 0 Å². The zero-order valence-corrected chi connectivity index (χ0v) is 20.8. The fourth-order valence-corrected chi connectivity index (χ4v) is 4.20. The molecular weight excluding hydrogens is 502 g/mol. The van der Waals surface area contributed by atoms with Crippen molar-refractivity contribution in [3.8, 4) is 5.75 Å². The second-order valence-corrected chi connectivity index (χ2v) is 9.25. The van der Waals surface area contributed by atoms with E-state index in [9.17, 15) is 32.8 Å². The summed E-state index contributed by atoms with van der Waals surface area (Å²) in [4.78, 5) is 63.0. The Hall–Kier alpha value is -4.35. The third kappa shape index (κ3) is 5.48. The van der Waals surface area contributed by atoms with Crippen molar-refractivity contribution in [2.75, 3.05) is 20.7 Å². The molecule has 0 spiro atoms. The summed E-state index contributed by atoms with van der Waals surface area (Å²) in [5.74, 6) is -6.68. The average Bonchev–Trinajstić information content (AvgIpc) is 3.21. The first-order valence-corrected chi connectivity index (χ1v) is 11.8. The van der Waals surface area contributed by atoms with Crippen molar-refractivity contribution in [3.05, 3.63) is 64.7 Å². The van der Waals surface area contributed by atoms with E-state index in [4.69, 9.17) is 4.74 Å². The molecule has 4 rings (SSSR count). The summed E-state index contributed by atoms with van der Waals surface area (Å²) in [5.41, 5.74) is 0.937. The maximum atomic E-state index is 14.8. The van der Waals surface area contributed by atoms with E-state index in [1.807, 2.05) is 0 Å². The van der Waals surface area contributed by atoms with Gasteiger partial charge in [0.05, 0.1) is 0 Å². The fourth-order valence-electron chi connectivity index (χ4n) is 4.20. The van der Waals surface area contributed by atoms with E-state index in [2.05, 4.69) is 10.6 Å². The number of carbonyl (C=O) groups is 5. The molecule has 12 heteroatoms. The van der Waals surface area contributed by atoms with Crippen molar-refractivity contribution in [1.82, 2.24) is 20.4 Å². The number of nitrogens with zero attached hydrogens (tertiary/aromatic N) is 2. The van der Waals surface area contributed by atoms with Crippen LogP contribution in [0.1, 0.15) is 39.9 Å². The van der Waals surface area contributed by atoms with Gasteiger partial charge in [-0.2, -0.15) is 8.78 Å². The van der Waals surface area contributed by atoms with E-state index < -0.39 is 29.3 Å². The van der Waals surface area contributed by atoms with Gasteiger partial charge in [-0.25, -0.2) is 0 Å². The highest BCUT2D eigenvalue weighted by atomic mass is 19.3. The molecule has 2 aliphatic rings. The average molecular weight is 529 g/mol. The lowest BCUT2D eigenvalue weighted by atomic mass is 10.0. The van der Waals surface area contributed by atoms with Crippen molar-refractivity contribution in [2.24, 2.45) is 0 Å². The number of likely N-dealkylation sites (N-methyl/N-ethyl adjacent to an activating group) is 1. The predicted molar refractivity (Wildman–Crippen MR) is 129 cm³/mol. The Morgan fingerprint density at radius 3 is 2.50 bits per heavy atom. The fraction of sp³-hybridized carbons (Fsp3) is 0.346. The number of carbonyl (C=O) groups excluding carboxylic acids is 5. The minimum atomic E-state index is -3.83. The monoisotopic (exact) mass is 528 g/mol. The third-order valence-corrected chi connectivity index (χ3v) is 6.40. The molecule has 1 unspecified atom stereocenters. The molecule has 2 heterocycles. The lowest BCUT2D eigenvalue weighted by Gasteiger charge is -2.29. The van der Waals surface area contributed by atoms with Gasteiger partial charge in [-0.1, -0.05) is 12.1 Å². The highest BCUT2D eigenvalue weighted by Crippen LogP contribution is 2.31. The molecule has 0 saturated carbocycles. The van der Waals surface area contributed by atoms with E-state index in [0.717, 1.165) is 12.1 Å². The first-order valence-electron chi connectivity index (χ1n) is 11.8. The van der Waals surface area contributed by atoms with Crippen molar-refractivity contribution in [2.45, 2.75) is 37.9 Å². The first-order chi connectivity index (χ1) is 18.0. The summed E-state index contributed by atoms with van der Waals surface area (Å²) in [5, 5.41) is 4.45. The number of amides is 5. The van der Waals surface area contributed by atoms with E-state index in [1.165, 1.54) is 28.0 Å². The SMILES string of the molecule is CN(C)C(=O)COc1ccc(C(F)(F)C(=O)NCc2ccc3c(c2)CN(C2CCC(=O)NC2=O)C3=O)cc1. The molecule has 38 heavy (non-hydrogen) atoms. The van der Waals surface area contributed by atoms with Crippen LogP contribution in [0.2, 0.25) is 0 Å².